The summed E-state index contributed by atoms with van der Waals surface area (Å²) >= 11 is 1.67. The molecule has 0 spiro atoms. The van der Waals surface area contributed by atoms with E-state index < -0.39 is 5.76 Å². The van der Waals surface area contributed by atoms with Crippen molar-refractivity contribution in [3.8, 4) is 11.3 Å². The zero-order valence-electron chi connectivity index (χ0n) is 10.8. The smallest absolute Gasteiger partial charge is 0.408 e. The van der Waals surface area contributed by atoms with Gasteiger partial charge in [0.2, 0.25) is 0 Å². The summed E-state index contributed by atoms with van der Waals surface area (Å²) < 4.78 is 5.09. The van der Waals surface area contributed by atoms with E-state index in [4.69, 9.17) is 9.40 Å². The number of H-pyrrole nitrogens is 1. The number of fused-ring (bicyclic) bond motifs is 1. The number of hydrogen-bond donors (Lipinski definition) is 1. The molecule has 0 aliphatic carbocycles. The number of nitrogens with zero attached hydrogens (tertiary/aromatic N) is 2. The first-order valence-corrected chi connectivity index (χ1v) is 7.51. The SMILES string of the molecule is O=c1[nH]c2ccc(-c3csc(N4CCCC4)n3)cc2o1. The summed E-state index contributed by atoms with van der Waals surface area (Å²) in [5.74, 6) is -0.423. The molecule has 1 aromatic carbocycles. The molecule has 1 N–H and O–H groups in total. The highest BCUT2D eigenvalue weighted by atomic mass is 32.1. The summed E-state index contributed by atoms with van der Waals surface area (Å²) in [6, 6.07) is 5.66. The summed E-state index contributed by atoms with van der Waals surface area (Å²) in [5.41, 5.74) is 3.20. The molecule has 5 nitrogen and oxygen atoms in total. The number of aromatic amines is 1. The molecule has 102 valence electrons. The van der Waals surface area contributed by atoms with E-state index in [-0.39, 0.29) is 0 Å². The first kappa shape index (κ1) is 11.7. The molecule has 0 radical (unpaired) electrons. The summed E-state index contributed by atoms with van der Waals surface area (Å²) in [7, 11) is 0. The van der Waals surface area contributed by atoms with Crippen molar-refractivity contribution >= 4 is 27.6 Å². The molecule has 6 heteroatoms. The Labute approximate surface area is 118 Å². The van der Waals surface area contributed by atoms with Crippen molar-refractivity contribution in [2.24, 2.45) is 0 Å². The topological polar surface area (TPSA) is 62.1 Å². The first-order valence-electron chi connectivity index (χ1n) is 6.63. The van der Waals surface area contributed by atoms with E-state index in [1.165, 1.54) is 12.8 Å². The maximum Gasteiger partial charge on any atom is 0.417 e. The molecular formula is C14H13N3O2S. The average Bonchev–Trinajstić information content (AvgIpc) is 3.17. The highest BCUT2D eigenvalue weighted by Gasteiger charge is 2.16. The normalized spacial score (nSPS) is 15.3. The molecule has 0 unspecified atom stereocenters. The van der Waals surface area contributed by atoms with E-state index in [2.05, 4.69) is 15.3 Å². The van der Waals surface area contributed by atoms with Crippen molar-refractivity contribution in [2.45, 2.75) is 12.8 Å². The van der Waals surface area contributed by atoms with Crippen molar-refractivity contribution in [1.29, 1.82) is 0 Å². The Morgan fingerprint density at radius 1 is 1.30 bits per heavy atom. The van der Waals surface area contributed by atoms with Gasteiger partial charge in [-0.1, -0.05) is 6.07 Å². The molecule has 20 heavy (non-hydrogen) atoms. The second-order valence-electron chi connectivity index (χ2n) is 4.93. The Kier molecular flexibility index (Phi) is 2.63. The zero-order chi connectivity index (χ0) is 13.5. The van der Waals surface area contributed by atoms with Crippen LogP contribution in [-0.2, 0) is 0 Å². The Hall–Kier alpha value is -2.08. The van der Waals surface area contributed by atoms with Crippen molar-refractivity contribution in [3.63, 3.8) is 0 Å². The summed E-state index contributed by atoms with van der Waals surface area (Å²) in [6.45, 7) is 2.19. The van der Waals surface area contributed by atoms with Crippen molar-refractivity contribution in [1.82, 2.24) is 9.97 Å². The summed E-state index contributed by atoms with van der Waals surface area (Å²) in [6.07, 6.45) is 2.49. The van der Waals surface area contributed by atoms with Gasteiger partial charge in [0.05, 0.1) is 11.2 Å². The number of nitrogens with one attached hydrogen (secondary N) is 1. The van der Waals surface area contributed by atoms with Crippen LogP contribution in [0.3, 0.4) is 0 Å². The Morgan fingerprint density at radius 3 is 3.00 bits per heavy atom. The third kappa shape index (κ3) is 1.92. The van der Waals surface area contributed by atoms with E-state index >= 15 is 0 Å². The van der Waals surface area contributed by atoms with Crippen LogP contribution in [0.2, 0.25) is 0 Å². The molecule has 1 fully saturated rings. The molecule has 1 aliphatic rings. The standard InChI is InChI=1S/C14H13N3O2S/c18-14-16-10-4-3-9(7-12(10)19-14)11-8-20-13(15-11)17-5-1-2-6-17/h3-4,7-8H,1-2,5-6H2,(H,16,18). The zero-order valence-corrected chi connectivity index (χ0v) is 11.6. The molecule has 0 amide bonds. The van der Waals surface area contributed by atoms with Crippen LogP contribution in [0.15, 0.2) is 32.8 Å². The monoisotopic (exact) mass is 287 g/mol. The molecular weight excluding hydrogens is 274 g/mol. The van der Waals surface area contributed by atoms with Crippen molar-refractivity contribution in [2.75, 3.05) is 18.0 Å². The van der Waals surface area contributed by atoms with Gasteiger partial charge in [0.1, 0.15) is 0 Å². The highest BCUT2D eigenvalue weighted by molar-refractivity contribution is 7.14. The minimum absolute atomic E-state index is 0.423. The minimum Gasteiger partial charge on any atom is -0.408 e. The third-order valence-electron chi connectivity index (χ3n) is 3.59. The number of aromatic nitrogens is 2. The maximum absolute atomic E-state index is 11.2. The highest BCUT2D eigenvalue weighted by Crippen LogP contribution is 2.30. The molecule has 1 saturated heterocycles. The van der Waals surface area contributed by atoms with Gasteiger partial charge >= 0.3 is 5.76 Å². The van der Waals surface area contributed by atoms with Crippen LogP contribution in [0, 0.1) is 0 Å². The van der Waals surface area contributed by atoms with Gasteiger partial charge in [0.15, 0.2) is 10.7 Å². The van der Waals surface area contributed by atoms with Crippen LogP contribution in [-0.4, -0.2) is 23.1 Å². The average molecular weight is 287 g/mol. The molecule has 0 bridgehead atoms. The Balaban J connectivity index is 1.72. The number of hydrogen-bond acceptors (Lipinski definition) is 5. The molecule has 0 atom stereocenters. The largest absolute Gasteiger partial charge is 0.417 e. The predicted octanol–water partition coefficient (Wildman–Crippen LogP) is 2.84. The van der Waals surface area contributed by atoms with E-state index in [0.29, 0.717) is 11.1 Å². The molecule has 1 aliphatic heterocycles. The second-order valence-corrected chi connectivity index (χ2v) is 5.77. The second kappa shape index (κ2) is 4.49. The fourth-order valence-corrected chi connectivity index (χ4v) is 3.44. The lowest BCUT2D eigenvalue weighted by molar-refractivity contribution is 0.555. The number of thiazole rings is 1. The minimum atomic E-state index is -0.423. The number of oxazole rings is 1. The van der Waals surface area contributed by atoms with Gasteiger partial charge < -0.3 is 9.32 Å². The predicted molar refractivity (Wildman–Crippen MR) is 79.4 cm³/mol. The fourth-order valence-electron chi connectivity index (χ4n) is 2.56. The third-order valence-corrected chi connectivity index (χ3v) is 4.49. The lowest BCUT2D eigenvalue weighted by Gasteiger charge is -2.12. The number of anilines is 1. The molecule has 0 saturated carbocycles. The number of benzene rings is 1. The van der Waals surface area contributed by atoms with Crippen LogP contribution < -0.4 is 10.7 Å². The molecule has 3 heterocycles. The van der Waals surface area contributed by atoms with Crippen LogP contribution >= 0.6 is 11.3 Å². The van der Waals surface area contributed by atoms with Gasteiger partial charge in [-0.25, -0.2) is 9.78 Å². The van der Waals surface area contributed by atoms with Crippen LogP contribution in [0.25, 0.3) is 22.4 Å². The maximum atomic E-state index is 11.2. The molecule has 3 aromatic rings. The molecule has 4 rings (SSSR count). The fraction of sp³-hybridized carbons (Fsp3) is 0.286. The molecule has 2 aromatic heterocycles. The van der Waals surface area contributed by atoms with Gasteiger partial charge in [-0.2, -0.15) is 0 Å². The first-order chi connectivity index (χ1) is 9.79. The van der Waals surface area contributed by atoms with Crippen LogP contribution in [0.1, 0.15) is 12.8 Å². The van der Waals surface area contributed by atoms with E-state index in [9.17, 15) is 4.79 Å². The summed E-state index contributed by atoms with van der Waals surface area (Å²) in [4.78, 5) is 20.8. The Morgan fingerprint density at radius 2 is 2.15 bits per heavy atom. The summed E-state index contributed by atoms with van der Waals surface area (Å²) in [5, 5.41) is 3.13. The van der Waals surface area contributed by atoms with E-state index in [1.807, 2.05) is 18.2 Å². The van der Waals surface area contributed by atoms with Crippen molar-refractivity contribution in [3.05, 3.63) is 34.1 Å². The quantitative estimate of drug-likeness (QED) is 0.787. The Bertz CT molecular complexity index is 811. The van der Waals surface area contributed by atoms with Gasteiger partial charge in [-0.3, -0.25) is 4.98 Å². The van der Waals surface area contributed by atoms with E-state index in [1.54, 1.807) is 11.3 Å². The van der Waals surface area contributed by atoms with Crippen molar-refractivity contribution < 1.29 is 4.42 Å². The van der Waals surface area contributed by atoms with Gasteiger partial charge in [-0.15, -0.1) is 11.3 Å². The van der Waals surface area contributed by atoms with Gasteiger partial charge in [0, 0.05) is 24.0 Å². The van der Waals surface area contributed by atoms with Crippen LogP contribution in [0.5, 0.6) is 0 Å². The van der Waals surface area contributed by atoms with Crippen LogP contribution in [0.4, 0.5) is 5.13 Å². The number of rotatable bonds is 2. The lowest BCUT2D eigenvalue weighted by Crippen LogP contribution is -2.17. The van der Waals surface area contributed by atoms with Gasteiger partial charge in [0.25, 0.3) is 0 Å². The van der Waals surface area contributed by atoms with Gasteiger partial charge in [-0.05, 0) is 25.0 Å². The van der Waals surface area contributed by atoms with E-state index in [0.717, 1.165) is 29.5 Å². The lowest BCUT2D eigenvalue weighted by atomic mass is 10.1.